The van der Waals surface area contributed by atoms with Crippen LogP contribution in [0.2, 0.25) is 0 Å². The van der Waals surface area contributed by atoms with Gasteiger partial charge in [-0.25, -0.2) is 0 Å². The molecule has 2 aromatic carbocycles. The molecule has 0 aromatic heterocycles. The first-order valence-corrected chi connectivity index (χ1v) is 5.77. The lowest BCUT2D eigenvalue weighted by Crippen LogP contribution is -2.30. The standard InChI is InChI=1S/C15H15NO/c1-14(16)15(17-14,12-8-4-2-5-9-12)13-10-6-3-7-11-13/h2-11H,16H2,1H3. The van der Waals surface area contributed by atoms with Crippen molar-refractivity contribution >= 4 is 0 Å². The van der Waals surface area contributed by atoms with E-state index in [-0.39, 0.29) is 0 Å². The van der Waals surface area contributed by atoms with Crippen LogP contribution < -0.4 is 5.73 Å². The van der Waals surface area contributed by atoms with Crippen molar-refractivity contribution in [2.75, 3.05) is 0 Å². The van der Waals surface area contributed by atoms with Crippen molar-refractivity contribution in [2.24, 2.45) is 5.73 Å². The summed E-state index contributed by atoms with van der Waals surface area (Å²) in [5.41, 5.74) is 7.28. The maximum absolute atomic E-state index is 6.19. The second-order valence-corrected chi connectivity index (χ2v) is 4.62. The highest BCUT2D eigenvalue weighted by Gasteiger charge is 2.66. The van der Waals surface area contributed by atoms with Crippen LogP contribution in [0.3, 0.4) is 0 Å². The van der Waals surface area contributed by atoms with Gasteiger partial charge in [-0.3, -0.25) is 0 Å². The van der Waals surface area contributed by atoms with Crippen LogP contribution in [0.1, 0.15) is 18.1 Å². The molecule has 17 heavy (non-hydrogen) atoms. The average Bonchev–Trinajstić information content (AvgIpc) is 2.96. The van der Waals surface area contributed by atoms with Gasteiger partial charge in [0.2, 0.25) is 0 Å². The van der Waals surface area contributed by atoms with Crippen molar-refractivity contribution < 1.29 is 4.74 Å². The normalized spacial score (nSPS) is 25.5. The fraction of sp³-hybridized carbons (Fsp3) is 0.200. The third-order valence-corrected chi connectivity index (χ3v) is 3.38. The zero-order valence-electron chi connectivity index (χ0n) is 9.76. The third-order valence-electron chi connectivity index (χ3n) is 3.38. The van der Waals surface area contributed by atoms with Gasteiger partial charge in [0, 0.05) is 0 Å². The minimum absolute atomic E-state index is 0.491. The summed E-state index contributed by atoms with van der Waals surface area (Å²) in [6.45, 7) is 1.92. The molecule has 1 aliphatic rings. The van der Waals surface area contributed by atoms with Crippen LogP contribution in [0.4, 0.5) is 0 Å². The van der Waals surface area contributed by atoms with E-state index in [4.69, 9.17) is 10.5 Å². The van der Waals surface area contributed by atoms with E-state index in [1.165, 1.54) is 0 Å². The molecular formula is C15H15NO. The molecule has 1 aliphatic heterocycles. The monoisotopic (exact) mass is 225 g/mol. The summed E-state index contributed by atoms with van der Waals surface area (Å²) in [6, 6.07) is 20.3. The van der Waals surface area contributed by atoms with Gasteiger partial charge in [0.15, 0.2) is 11.3 Å². The number of ether oxygens (including phenoxy) is 1. The number of hydrogen-bond donors (Lipinski definition) is 1. The van der Waals surface area contributed by atoms with Crippen molar-refractivity contribution in [3.63, 3.8) is 0 Å². The Labute approximate surface area is 101 Å². The Kier molecular flexibility index (Phi) is 2.12. The van der Waals surface area contributed by atoms with Crippen LogP contribution >= 0.6 is 0 Å². The molecular weight excluding hydrogens is 210 g/mol. The van der Waals surface area contributed by atoms with Gasteiger partial charge >= 0.3 is 0 Å². The number of nitrogens with two attached hydrogens (primary N) is 1. The zero-order chi connectivity index (χ0) is 11.9. The number of hydrogen-bond acceptors (Lipinski definition) is 2. The third kappa shape index (κ3) is 1.42. The van der Waals surface area contributed by atoms with Gasteiger partial charge in [0.1, 0.15) is 0 Å². The Hall–Kier alpha value is -1.64. The maximum Gasteiger partial charge on any atom is 0.162 e. The van der Waals surface area contributed by atoms with E-state index in [1.54, 1.807) is 0 Å². The molecule has 1 saturated heterocycles. The molecule has 0 radical (unpaired) electrons. The summed E-state index contributed by atoms with van der Waals surface area (Å²) in [4.78, 5) is 0. The predicted molar refractivity (Wildman–Crippen MR) is 67.3 cm³/mol. The minimum atomic E-state index is -0.629. The summed E-state index contributed by atoms with van der Waals surface area (Å²) in [6.07, 6.45) is 0. The largest absolute Gasteiger partial charge is 0.337 e. The summed E-state index contributed by atoms with van der Waals surface area (Å²) in [5, 5.41) is 0. The minimum Gasteiger partial charge on any atom is -0.337 e. The molecule has 0 spiro atoms. The molecule has 0 aliphatic carbocycles. The predicted octanol–water partition coefficient (Wildman–Crippen LogP) is 2.64. The van der Waals surface area contributed by atoms with Gasteiger partial charge in [-0.05, 0) is 18.1 Å². The molecule has 0 saturated carbocycles. The second kappa shape index (κ2) is 3.42. The Morgan fingerprint density at radius 3 is 1.47 bits per heavy atom. The lowest BCUT2D eigenvalue weighted by Gasteiger charge is -2.15. The Balaban J connectivity index is 2.15. The summed E-state index contributed by atoms with van der Waals surface area (Å²) < 4.78 is 5.84. The quantitative estimate of drug-likeness (QED) is 0.798. The molecule has 86 valence electrons. The first-order valence-electron chi connectivity index (χ1n) is 5.77. The van der Waals surface area contributed by atoms with Crippen molar-refractivity contribution in [2.45, 2.75) is 18.2 Å². The van der Waals surface area contributed by atoms with E-state index in [0.717, 1.165) is 11.1 Å². The van der Waals surface area contributed by atoms with Crippen molar-refractivity contribution in [3.05, 3.63) is 71.8 Å². The SMILES string of the molecule is CC1(N)OC1(c1ccccc1)c1ccccc1. The first kappa shape index (κ1) is 10.5. The van der Waals surface area contributed by atoms with Crippen molar-refractivity contribution in [1.29, 1.82) is 0 Å². The molecule has 2 heteroatoms. The van der Waals surface area contributed by atoms with Crippen molar-refractivity contribution in [3.8, 4) is 0 Å². The van der Waals surface area contributed by atoms with Gasteiger partial charge in [-0.1, -0.05) is 60.7 Å². The topological polar surface area (TPSA) is 38.5 Å². The smallest absolute Gasteiger partial charge is 0.162 e. The van der Waals surface area contributed by atoms with E-state index >= 15 is 0 Å². The number of rotatable bonds is 2. The summed E-state index contributed by atoms with van der Waals surface area (Å²) >= 11 is 0. The zero-order valence-corrected chi connectivity index (χ0v) is 9.76. The highest BCUT2D eigenvalue weighted by atomic mass is 16.6. The van der Waals surface area contributed by atoms with Crippen LogP contribution in [-0.4, -0.2) is 5.72 Å². The van der Waals surface area contributed by atoms with Gasteiger partial charge in [-0.2, -0.15) is 0 Å². The molecule has 1 unspecified atom stereocenters. The number of epoxide rings is 1. The Morgan fingerprint density at radius 2 is 1.18 bits per heavy atom. The van der Waals surface area contributed by atoms with Crippen LogP contribution in [0.15, 0.2) is 60.7 Å². The average molecular weight is 225 g/mol. The van der Waals surface area contributed by atoms with Crippen LogP contribution in [0.5, 0.6) is 0 Å². The molecule has 1 fully saturated rings. The summed E-state index contributed by atoms with van der Waals surface area (Å²) in [5.74, 6) is 0. The molecule has 1 heterocycles. The van der Waals surface area contributed by atoms with Gasteiger partial charge in [-0.15, -0.1) is 0 Å². The maximum atomic E-state index is 6.19. The van der Waals surface area contributed by atoms with Crippen molar-refractivity contribution in [1.82, 2.24) is 0 Å². The van der Waals surface area contributed by atoms with Gasteiger partial charge in [0.25, 0.3) is 0 Å². The Bertz CT molecular complexity index is 480. The highest BCUT2D eigenvalue weighted by Crippen LogP contribution is 2.56. The fourth-order valence-corrected chi connectivity index (χ4v) is 2.50. The molecule has 3 rings (SSSR count). The first-order chi connectivity index (χ1) is 8.17. The molecule has 0 bridgehead atoms. The van der Waals surface area contributed by atoms with Gasteiger partial charge in [0.05, 0.1) is 0 Å². The number of benzene rings is 2. The lowest BCUT2D eigenvalue weighted by atomic mass is 9.86. The van der Waals surface area contributed by atoms with E-state index in [0.29, 0.717) is 0 Å². The lowest BCUT2D eigenvalue weighted by molar-refractivity contribution is 0.291. The van der Waals surface area contributed by atoms with Gasteiger partial charge < -0.3 is 10.5 Å². The van der Waals surface area contributed by atoms with Crippen LogP contribution in [0.25, 0.3) is 0 Å². The molecule has 2 N–H and O–H groups in total. The second-order valence-electron chi connectivity index (χ2n) is 4.62. The highest BCUT2D eigenvalue weighted by molar-refractivity contribution is 5.45. The summed E-state index contributed by atoms with van der Waals surface area (Å²) in [7, 11) is 0. The molecule has 0 amide bonds. The molecule has 2 nitrogen and oxygen atoms in total. The van der Waals surface area contributed by atoms with E-state index < -0.39 is 11.3 Å². The van der Waals surface area contributed by atoms with E-state index in [2.05, 4.69) is 24.3 Å². The molecule has 2 aromatic rings. The van der Waals surface area contributed by atoms with E-state index in [1.807, 2.05) is 43.3 Å². The fourth-order valence-electron chi connectivity index (χ4n) is 2.50. The van der Waals surface area contributed by atoms with Crippen LogP contribution in [-0.2, 0) is 10.3 Å². The molecule has 1 atom stereocenters. The van der Waals surface area contributed by atoms with E-state index in [9.17, 15) is 0 Å². The Morgan fingerprint density at radius 1 is 0.824 bits per heavy atom. The van der Waals surface area contributed by atoms with Crippen LogP contribution in [0, 0.1) is 0 Å².